The summed E-state index contributed by atoms with van der Waals surface area (Å²) < 4.78 is 27.3. The fourth-order valence-corrected chi connectivity index (χ4v) is 5.64. The van der Waals surface area contributed by atoms with Crippen molar-refractivity contribution in [3.8, 4) is 0 Å². The number of pyridine rings is 1. The first-order chi connectivity index (χ1) is 13.3. The summed E-state index contributed by atoms with van der Waals surface area (Å²) in [4.78, 5) is 16.7. The van der Waals surface area contributed by atoms with E-state index < -0.39 is 16.1 Å². The lowest BCUT2D eigenvalue weighted by atomic mass is 9.99. The van der Waals surface area contributed by atoms with Crippen LogP contribution in [0.15, 0.2) is 18.3 Å². The van der Waals surface area contributed by atoms with Crippen LogP contribution in [0.3, 0.4) is 0 Å². The minimum Gasteiger partial charge on any atom is -0.307 e. The number of aromatic nitrogens is 1. The number of carbonyl (C=O) groups is 1. The van der Waals surface area contributed by atoms with Crippen LogP contribution in [0.5, 0.6) is 0 Å². The molecule has 0 saturated heterocycles. The monoisotopic (exact) mass is 399 g/mol. The number of hydrogen-bond donors (Lipinski definition) is 2. The summed E-state index contributed by atoms with van der Waals surface area (Å²) in [6, 6.07) is 3.36. The molecular weight excluding hydrogens is 374 g/mol. The zero-order valence-corrected chi connectivity index (χ0v) is 17.1. The van der Waals surface area contributed by atoms with E-state index in [1.54, 1.807) is 19.2 Å². The Bertz CT molecular complexity index is 1010. The summed E-state index contributed by atoms with van der Waals surface area (Å²) in [6.45, 7) is 3.62. The zero-order valence-electron chi connectivity index (χ0n) is 16.3. The van der Waals surface area contributed by atoms with Crippen molar-refractivity contribution in [1.82, 2.24) is 9.71 Å². The molecule has 148 valence electrons. The third kappa shape index (κ3) is 3.63. The van der Waals surface area contributed by atoms with Gasteiger partial charge in [0.1, 0.15) is 0 Å². The van der Waals surface area contributed by atoms with E-state index in [1.807, 2.05) is 6.92 Å². The first-order valence-corrected chi connectivity index (χ1v) is 11.4. The summed E-state index contributed by atoms with van der Waals surface area (Å²) in [5, 5.41) is 2.87. The highest BCUT2D eigenvalue weighted by atomic mass is 32.2. The fraction of sp³-hybridized carbons (Fsp3) is 0.429. The molecule has 0 spiro atoms. The van der Waals surface area contributed by atoms with Gasteiger partial charge in [0.15, 0.2) is 0 Å². The third-order valence-electron chi connectivity index (χ3n) is 5.80. The Morgan fingerprint density at radius 1 is 1.07 bits per heavy atom. The molecule has 7 heteroatoms. The maximum atomic E-state index is 12.6. The van der Waals surface area contributed by atoms with Crippen molar-refractivity contribution in [1.29, 1.82) is 0 Å². The van der Waals surface area contributed by atoms with E-state index in [-0.39, 0.29) is 5.75 Å². The van der Waals surface area contributed by atoms with E-state index in [9.17, 15) is 13.2 Å². The second-order valence-corrected chi connectivity index (χ2v) is 9.46. The topological polar surface area (TPSA) is 88.2 Å². The molecule has 28 heavy (non-hydrogen) atoms. The van der Waals surface area contributed by atoms with Gasteiger partial charge in [0.25, 0.3) is 0 Å². The molecule has 0 saturated carbocycles. The minimum absolute atomic E-state index is 0.267. The highest BCUT2D eigenvalue weighted by molar-refractivity contribution is 7.89. The average molecular weight is 400 g/mol. The van der Waals surface area contributed by atoms with Gasteiger partial charge in [-0.25, -0.2) is 17.9 Å². The zero-order chi connectivity index (χ0) is 19.9. The predicted molar refractivity (Wildman–Crippen MR) is 109 cm³/mol. The molecule has 0 bridgehead atoms. The molecule has 0 atom stereocenters. The molecule has 1 heterocycles. The first-order valence-electron chi connectivity index (χ1n) is 9.73. The van der Waals surface area contributed by atoms with Crippen molar-refractivity contribution < 1.29 is 13.2 Å². The number of nitrogens with one attached hydrogen (secondary N) is 2. The smallest absolute Gasteiger partial charge is 0.307 e. The van der Waals surface area contributed by atoms with Crippen LogP contribution in [-0.4, -0.2) is 19.4 Å². The maximum Gasteiger partial charge on any atom is 0.332 e. The number of hydrogen-bond acceptors (Lipinski definition) is 4. The maximum absolute atomic E-state index is 12.6. The number of sulfonamides is 1. The Morgan fingerprint density at radius 3 is 2.32 bits per heavy atom. The van der Waals surface area contributed by atoms with Crippen molar-refractivity contribution in [3.63, 3.8) is 0 Å². The summed E-state index contributed by atoms with van der Waals surface area (Å²) in [6.07, 6.45) is 7.71. The number of aryl methyl sites for hydroxylation is 4. The van der Waals surface area contributed by atoms with Crippen LogP contribution < -0.4 is 10.0 Å². The van der Waals surface area contributed by atoms with Crippen LogP contribution in [0.1, 0.15) is 51.9 Å². The summed E-state index contributed by atoms with van der Waals surface area (Å²) in [7, 11) is -3.83. The normalized spacial score (nSPS) is 15.2. The van der Waals surface area contributed by atoms with Crippen molar-refractivity contribution in [2.45, 2.75) is 58.1 Å². The number of rotatable bonds is 4. The number of benzene rings is 1. The largest absolute Gasteiger partial charge is 0.332 e. The highest BCUT2D eigenvalue weighted by Crippen LogP contribution is 2.38. The second kappa shape index (κ2) is 7.20. The van der Waals surface area contributed by atoms with Gasteiger partial charge < -0.3 is 5.32 Å². The van der Waals surface area contributed by atoms with E-state index in [0.29, 0.717) is 11.3 Å². The van der Waals surface area contributed by atoms with Crippen LogP contribution in [-0.2, 0) is 41.5 Å². The third-order valence-corrected chi connectivity index (χ3v) is 6.96. The van der Waals surface area contributed by atoms with Gasteiger partial charge >= 0.3 is 6.03 Å². The predicted octanol–water partition coefficient (Wildman–Crippen LogP) is 3.33. The van der Waals surface area contributed by atoms with Gasteiger partial charge in [0, 0.05) is 17.6 Å². The molecule has 2 aliphatic rings. The summed E-state index contributed by atoms with van der Waals surface area (Å²) in [5.41, 5.74) is 7.90. The molecule has 2 aliphatic carbocycles. The molecular formula is C21H25N3O3S. The quantitative estimate of drug-likeness (QED) is 0.825. The molecule has 2 N–H and O–H groups in total. The number of carbonyl (C=O) groups excluding carboxylic acids is 1. The lowest BCUT2D eigenvalue weighted by Gasteiger charge is -2.17. The van der Waals surface area contributed by atoms with Crippen molar-refractivity contribution in [2.75, 3.05) is 5.32 Å². The molecule has 1 aromatic carbocycles. The van der Waals surface area contributed by atoms with E-state index >= 15 is 0 Å². The Kier molecular flexibility index (Phi) is 4.87. The Morgan fingerprint density at radius 2 is 1.71 bits per heavy atom. The average Bonchev–Trinajstić information content (AvgIpc) is 3.26. The van der Waals surface area contributed by atoms with Crippen LogP contribution in [0.2, 0.25) is 0 Å². The molecule has 0 radical (unpaired) electrons. The van der Waals surface area contributed by atoms with Crippen LogP contribution in [0.25, 0.3) is 0 Å². The van der Waals surface area contributed by atoms with Crippen molar-refractivity contribution >= 4 is 21.7 Å². The Balaban J connectivity index is 1.54. The standard InChI is InChI=1S/C21H25N3O3S/c1-13-9-10-22-14(2)19(13)12-28(26,27)24-21(25)23-20-17-7-3-5-15(17)11-16-6-4-8-18(16)20/h9-11H,3-8,12H2,1-2H3,(H2,23,24,25). The van der Waals surface area contributed by atoms with Gasteiger partial charge in [-0.15, -0.1) is 0 Å². The molecule has 2 aromatic rings. The van der Waals surface area contributed by atoms with Gasteiger partial charge in [-0.3, -0.25) is 4.98 Å². The molecule has 0 aliphatic heterocycles. The van der Waals surface area contributed by atoms with Crippen LogP contribution >= 0.6 is 0 Å². The van der Waals surface area contributed by atoms with Gasteiger partial charge in [-0.2, -0.15) is 0 Å². The molecule has 4 rings (SSSR count). The molecule has 0 fully saturated rings. The second-order valence-electron chi connectivity index (χ2n) is 7.74. The molecule has 0 unspecified atom stereocenters. The molecule has 1 aromatic heterocycles. The van der Waals surface area contributed by atoms with Gasteiger partial charge in [-0.1, -0.05) is 6.07 Å². The summed E-state index contributed by atoms with van der Waals surface area (Å²) >= 11 is 0. The van der Waals surface area contributed by atoms with Gasteiger partial charge in [0.2, 0.25) is 10.0 Å². The fourth-order valence-electron chi connectivity index (χ4n) is 4.42. The van der Waals surface area contributed by atoms with Gasteiger partial charge in [-0.05, 0) is 91.8 Å². The highest BCUT2D eigenvalue weighted by Gasteiger charge is 2.26. The van der Waals surface area contributed by atoms with E-state index in [0.717, 1.165) is 49.8 Å². The first kappa shape index (κ1) is 18.9. The Labute approximate surface area is 165 Å². The number of nitrogens with zero attached hydrogens (tertiary/aromatic N) is 1. The number of urea groups is 1. The number of fused-ring (bicyclic) bond motifs is 2. The van der Waals surface area contributed by atoms with Crippen LogP contribution in [0, 0.1) is 13.8 Å². The van der Waals surface area contributed by atoms with Crippen molar-refractivity contribution in [2.24, 2.45) is 0 Å². The molecule has 2 amide bonds. The lowest BCUT2D eigenvalue weighted by molar-refractivity contribution is 0.256. The molecule has 6 nitrogen and oxygen atoms in total. The summed E-state index contributed by atoms with van der Waals surface area (Å²) in [5.74, 6) is -0.267. The van der Waals surface area contributed by atoms with Crippen molar-refractivity contribution in [3.05, 3.63) is 57.4 Å². The SMILES string of the molecule is Cc1ccnc(C)c1CS(=O)(=O)NC(=O)Nc1c2c(cc3c1CCC3)CCC2. The van der Waals surface area contributed by atoms with E-state index in [1.165, 1.54) is 22.3 Å². The van der Waals surface area contributed by atoms with E-state index in [4.69, 9.17) is 0 Å². The Hall–Kier alpha value is -2.41. The lowest BCUT2D eigenvalue weighted by Crippen LogP contribution is -2.36. The van der Waals surface area contributed by atoms with E-state index in [2.05, 4.69) is 21.1 Å². The number of anilines is 1. The van der Waals surface area contributed by atoms with Gasteiger partial charge in [0.05, 0.1) is 5.75 Å². The minimum atomic E-state index is -3.83. The van der Waals surface area contributed by atoms with Crippen LogP contribution in [0.4, 0.5) is 10.5 Å². The number of amides is 2.